The number of hydrogen-bond acceptors (Lipinski definition) is 4. The highest BCUT2D eigenvalue weighted by atomic mass is 32.2. The Balaban J connectivity index is 2.12. The summed E-state index contributed by atoms with van der Waals surface area (Å²) in [4.78, 5) is 10.5. The van der Waals surface area contributed by atoms with Crippen LogP contribution in [0.4, 0.5) is 5.69 Å². The van der Waals surface area contributed by atoms with Crippen LogP contribution in [-0.2, 0) is 10.0 Å². The predicted molar refractivity (Wildman–Crippen MR) is 99.0 cm³/mol. The van der Waals surface area contributed by atoms with Crippen LogP contribution in [0.15, 0.2) is 48.5 Å². The van der Waals surface area contributed by atoms with Gasteiger partial charge in [0.05, 0.1) is 10.2 Å². The van der Waals surface area contributed by atoms with Crippen molar-refractivity contribution in [3.8, 4) is 11.1 Å². The van der Waals surface area contributed by atoms with Crippen LogP contribution in [0, 0.1) is 10.1 Å². The highest BCUT2D eigenvalue weighted by Gasteiger charge is 2.17. The average Bonchev–Trinajstić information content (AvgIpc) is 2.60. The minimum absolute atomic E-state index is 0.0210. The Morgan fingerprint density at radius 1 is 1.04 bits per heavy atom. The number of rotatable bonds is 7. The van der Waals surface area contributed by atoms with Gasteiger partial charge in [0.2, 0.25) is 10.0 Å². The van der Waals surface area contributed by atoms with Crippen molar-refractivity contribution >= 4 is 15.7 Å². The fraction of sp³-hybridized carbons (Fsp3) is 0.333. The summed E-state index contributed by atoms with van der Waals surface area (Å²) in [6.07, 6.45) is 0. The Bertz CT molecular complexity index is 846. The zero-order chi connectivity index (χ0) is 18.6. The van der Waals surface area contributed by atoms with E-state index in [1.54, 1.807) is 19.9 Å². The van der Waals surface area contributed by atoms with Crippen LogP contribution in [0.2, 0.25) is 0 Å². The van der Waals surface area contributed by atoms with Gasteiger partial charge in [-0.15, -0.1) is 0 Å². The predicted octanol–water partition coefficient (Wildman–Crippen LogP) is 3.69. The van der Waals surface area contributed by atoms with Crippen LogP contribution < -0.4 is 4.72 Å². The minimum Gasteiger partial charge on any atom is -0.258 e. The van der Waals surface area contributed by atoms with E-state index in [2.05, 4.69) is 4.72 Å². The summed E-state index contributed by atoms with van der Waals surface area (Å²) in [5.41, 5.74) is 2.70. The first kappa shape index (κ1) is 19.1. The second-order valence-corrected chi connectivity index (χ2v) is 8.59. The summed E-state index contributed by atoms with van der Waals surface area (Å²) in [6.45, 7) is 5.56. The SMILES string of the molecule is CC(CNS(=O)(=O)C(C)C)c1ccc(-c2cccc([N+](=O)[O-])c2)cc1. The van der Waals surface area contributed by atoms with Crippen LogP contribution in [0.1, 0.15) is 32.3 Å². The Morgan fingerprint density at radius 3 is 2.24 bits per heavy atom. The maximum Gasteiger partial charge on any atom is 0.270 e. The lowest BCUT2D eigenvalue weighted by Gasteiger charge is -2.15. The fourth-order valence-corrected chi connectivity index (χ4v) is 3.14. The molecule has 1 unspecified atom stereocenters. The molecule has 2 rings (SSSR count). The topological polar surface area (TPSA) is 89.3 Å². The van der Waals surface area contributed by atoms with Gasteiger partial charge in [0.15, 0.2) is 0 Å². The maximum atomic E-state index is 11.8. The van der Waals surface area contributed by atoms with E-state index in [1.807, 2.05) is 37.3 Å². The number of nitrogens with zero attached hydrogens (tertiary/aromatic N) is 1. The van der Waals surface area contributed by atoms with Crippen molar-refractivity contribution in [2.24, 2.45) is 0 Å². The van der Waals surface area contributed by atoms with Crippen LogP contribution in [0.5, 0.6) is 0 Å². The zero-order valence-corrected chi connectivity index (χ0v) is 15.3. The summed E-state index contributed by atoms with van der Waals surface area (Å²) >= 11 is 0. The van der Waals surface area contributed by atoms with Gasteiger partial charge in [-0.2, -0.15) is 0 Å². The normalized spacial score (nSPS) is 13.0. The second-order valence-electron chi connectivity index (χ2n) is 6.27. The largest absolute Gasteiger partial charge is 0.270 e. The molecule has 0 saturated heterocycles. The summed E-state index contributed by atoms with van der Waals surface area (Å²) in [5, 5.41) is 10.4. The molecule has 0 aliphatic heterocycles. The third-order valence-corrected chi connectivity index (χ3v) is 5.89. The Labute approximate surface area is 148 Å². The van der Waals surface area contributed by atoms with Crippen molar-refractivity contribution in [1.82, 2.24) is 4.72 Å². The van der Waals surface area contributed by atoms with Crippen molar-refractivity contribution < 1.29 is 13.3 Å². The van der Waals surface area contributed by atoms with E-state index in [1.165, 1.54) is 12.1 Å². The lowest BCUT2D eigenvalue weighted by atomic mass is 9.97. The molecule has 0 bridgehead atoms. The van der Waals surface area contributed by atoms with Crippen molar-refractivity contribution in [3.05, 3.63) is 64.2 Å². The zero-order valence-electron chi connectivity index (χ0n) is 14.5. The first-order valence-corrected chi connectivity index (χ1v) is 9.58. The molecule has 0 spiro atoms. The highest BCUT2D eigenvalue weighted by molar-refractivity contribution is 7.90. The van der Waals surface area contributed by atoms with Crippen LogP contribution in [0.25, 0.3) is 11.1 Å². The van der Waals surface area contributed by atoms with Gasteiger partial charge in [-0.05, 0) is 36.5 Å². The molecule has 0 heterocycles. The highest BCUT2D eigenvalue weighted by Crippen LogP contribution is 2.25. The van der Waals surface area contributed by atoms with Crippen LogP contribution in [-0.4, -0.2) is 25.1 Å². The van der Waals surface area contributed by atoms with Crippen molar-refractivity contribution in [2.75, 3.05) is 6.54 Å². The van der Waals surface area contributed by atoms with Crippen LogP contribution >= 0.6 is 0 Å². The van der Waals surface area contributed by atoms with E-state index in [-0.39, 0.29) is 11.6 Å². The Kier molecular flexibility index (Phi) is 5.92. The van der Waals surface area contributed by atoms with E-state index in [4.69, 9.17) is 0 Å². The molecule has 0 fully saturated rings. The quantitative estimate of drug-likeness (QED) is 0.601. The van der Waals surface area contributed by atoms with Crippen molar-refractivity contribution in [1.29, 1.82) is 0 Å². The van der Waals surface area contributed by atoms with E-state index < -0.39 is 20.2 Å². The average molecular weight is 362 g/mol. The summed E-state index contributed by atoms with van der Waals surface area (Å²) in [7, 11) is -3.28. The van der Waals surface area contributed by atoms with E-state index >= 15 is 0 Å². The third-order valence-electron chi connectivity index (χ3n) is 4.08. The number of nitro groups is 1. The Morgan fingerprint density at radius 2 is 1.68 bits per heavy atom. The Hall–Kier alpha value is -2.25. The molecule has 1 N–H and O–H groups in total. The molecule has 134 valence electrons. The molecule has 2 aromatic carbocycles. The molecule has 0 radical (unpaired) electrons. The molecule has 0 saturated carbocycles. The van der Waals surface area contributed by atoms with Gasteiger partial charge in [-0.25, -0.2) is 13.1 Å². The van der Waals surface area contributed by atoms with Gasteiger partial charge in [-0.3, -0.25) is 10.1 Å². The molecular formula is C18H22N2O4S. The molecule has 0 aliphatic carbocycles. The number of nitrogens with one attached hydrogen (secondary N) is 1. The smallest absolute Gasteiger partial charge is 0.258 e. The number of sulfonamides is 1. The first-order valence-electron chi connectivity index (χ1n) is 8.04. The minimum atomic E-state index is -3.28. The van der Waals surface area contributed by atoms with E-state index in [0.29, 0.717) is 6.54 Å². The van der Waals surface area contributed by atoms with Crippen LogP contribution in [0.3, 0.4) is 0 Å². The van der Waals surface area contributed by atoms with Gasteiger partial charge in [-0.1, -0.05) is 43.3 Å². The van der Waals surface area contributed by atoms with E-state index in [9.17, 15) is 18.5 Å². The monoisotopic (exact) mass is 362 g/mol. The maximum absolute atomic E-state index is 11.8. The van der Waals surface area contributed by atoms with E-state index in [0.717, 1.165) is 16.7 Å². The molecular weight excluding hydrogens is 340 g/mol. The van der Waals surface area contributed by atoms with Gasteiger partial charge < -0.3 is 0 Å². The second kappa shape index (κ2) is 7.76. The summed E-state index contributed by atoms with van der Waals surface area (Å²) in [5.74, 6) is 0.0210. The molecule has 1 atom stereocenters. The number of nitro benzene ring substituents is 1. The number of non-ortho nitro benzene ring substituents is 1. The molecule has 6 nitrogen and oxygen atoms in total. The lowest BCUT2D eigenvalue weighted by Crippen LogP contribution is -2.33. The third kappa shape index (κ3) is 4.87. The molecule has 25 heavy (non-hydrogen) atoms. The van der Waals surface area contributed by atoms with Crippen molar-refractivity contribution in [3.63, 3.8) is 0 Å². The molecule has 2 aromatic rings. The van der Waals surface area contributed by atoms with Crippen molar-refractivity contribution in [2.45, 2.75) is 31.9 Å². The van der Waals surface area contributed by atoms with Gasteiger partial charge in [0, 0.05) is 18.7 Å². The first-order chi connectivity index (χ1) is 11.7. The summed E-state index contributed by atoms with van der Waals surface area (Å²) in [6, 6.07) is 14.1. The number of benzene rings is 2. The molecule has 7 heteroatoms. The summed E-state index contributed by atoms with van der Waals surface area (Å²) < 4.78 is 26.3. The lowest BCUT2D eigenvalue weighted by molar-refractivity contribution is -0.384. The molecule has 0 aliphatic rings. The van der Waals surface area contributed by atoms with Gasteiger partial charge >= 0.3 is 0 Å². The standard InChI is InChI=1S/C18H22N2O4S/c1-13(2)25(23,24)19-12-14(3)15-7-9-16(10-8-15)17-5-4-6-18(11-17)20(21)22/h4-11,13-14,19H,12H2,1-3H3. The van der Waals surface area contributed by atoms with Gasteiger partial charge in [0.1, 0.15) is 0 Å². The molecule has 0 amide bonds. The number of hydrogen-bond donors (Lipinski definition) is 1. The van der Waals surface area contributed by atoms with Gasteiger partial charge in [0.25, 0.3) is 5.69 Å². The fourth-order valence-electron chi connectivity index (χ4n) is 2.33. The molecule has 0 aromatic heterocycles.